The van der Waals surface area contributed by atoms with Gasteiger partial charge in [-0.1, -0.05) is 31.6 Å². The third-order valence-corrected chi connectivity index (χ3v) is 3.35. The molecule has 0 fully saturated rings. The highest BCUT2D eigenvalue weighted by Gasteiger charge is 2.09. The van der Waals surface area contributed by atoms with Gasteiger partial charge in [0.05, 0.1) is 7.11 Å². The Morgan fingerprint density at radius 3 is 2.55 bits per heavy atom. The van der Waals surface area contributed by atoms with Crippen molar-refractivity contribution in [3.63, 3.8) is 0 Å². The fourth-order valence-electron chi connectivity index (χ4n) is 2.19. The Morgan fingerprint density at radius 1 is 1.15 bits per heavy atom. The van der Waals surface area contributed by atoms with E-state index in [0.29, 0.717) is 0 Å². The van der Waals surface area contributed by atoms with Crippen molar-refractivity contribution in [3.8, 4) is 5.75 Å². The number of unbranched alkanes of at least 4 members (excludes halogenated alkanes) is 1. The third kappa shape index (κ3) is 3.70. The lowest BCUT2D eigenvalue weighted by molar-refractivity contribution is -0.110. The Kier molecular flexibility index (Phi) is 4.94. The number of rotatable bonds is 5. The highest BCUT2D eigenvalue weighted by molar-refractivity contribution is 6.02. The molecule has 0 aromatic heterocycles. The van der Waals surface area contributed by atoms with Gasteiger partial charge in [0.25, 0.3) is 0 Å². The standard InChI is InChI=1S/C18H20O2/c1-3-4-5-15-13-17(19)9-8-16(15)12-14-6-10-18(20-2)11-7-14/h6-13H,3-5H2,1-2H3. The summed E-state index contributed by atoms with van der Waals surface area (Å²) in [5.74, 6) is 0.936. The molecule has 2 heteroatoms. The maximum atomic E-state index is 11.5. The molecule has 0 atom stereocenters. The largest absolute Gasteiger partial charge is 0.497 e. The summed E-state index contributed by atoms with van der Waals surface area (Å²) in [6, 6.07) is 7.93. The molecule has 2 rings (SSSR count). The zero-order valence-electron chi connectivity index (χ0n) is 12.1. The molecule has 0 saturated carbocycles. The van der Waals surface area contributed by atoms with E-state index in [9.17, 15) is 4.79 Å². The minimum Gasteiger partial charge on any atom is -0.497 e. The van der Waals surface area contributed by atoms with Gasteiger partial charge in [0.15, 0.2) is 5.78 Å². The van der Waals surface area contributed by atoms with Gasteiger partial charge >= 0.3 is 0 Å². The summed E-state index contributed by atoms with van der Waals surface area (Å²) >= 11 is 0. The van der Waals surface area contributed by atoms with Crippen molar-refractivity contribution in [1.82, 2.24) is 0 Å². The van der Waals surface area contributed by atoms with E-state index in [1.807, 2.05) is 30.3 Å². The molecule has 1 aliphatic carbocycles. The van der Waals surface area contributed by atoms with E-state index in [2.05, 4.69) is 13.0 Å². The van der Waals surface area contributed by atoms with Crippen LogP contribution in [0.3, 0.4) is 0 Å². The lowest BCUT2D eigenvalue weighted by Gasteiger charge is -2.12. The minimum atomic E-state index is 0.0861. The molecule has 0 bridgehead atoms. The van der Waals surface area contributed by atoms with E-state index in [4.69, 9.17) is 4.74 Å². The molecule has 0 radical (unpaired) electrons. The SMILES string of the molecule is CCCCC1=CC(=O)C=CC1=Cc1ccc(OC)cc1. The normalized spacial score (nSPS) is 16.4. The summed E-state index contributed by atoms with van der Waals surface area (Å²) in [5, 5.41) is 0. The van der Waals surface area contributed by atoms with E-state index < -0.39 is 0 Å². The fourth-order valence-corrected chi connectivity index (χ4v) is 2.19. The van der Waals surface area contributed by atoms with Gasteiger partial charge in [0.2, 0.25) is 0 Å². The van der Waals surface area contributed by atoms with Crippen molar-refractivity contribution in [1.29, 1.82) is 0 Å². The van der Waals surface area contributed by atoms with Crippen LogP contribution in [-0.4, -0.2) is 12.9 Å². The smallest absolute Gasteiger partial charge is 0.178 e. The first-order valence-corrected chi connectivity index (χ1v) is 7.01. The zero-order valence-corrected chi connectivity index (χ0v) is 12.1. The van der Waals surface area contributed by atoms with Gasteiger partial charge in [-0.15, -0.1) is 0 Å². The second kappa shape index (κ2) is 6.90. The second-order valence-corrected chi connectivity index (χ2v) is 4.88. The number of hydrogen-bond donors (Lipinski definition) is 0. The molecule has 0 N–H and O–H groups in total. The van der Waals surface area contributed by atoms with Crippen LogP contribution in [0.5, 0.6) is 5.75 Å². The first-order chi connectivity index (χ1) is 9.72. The first-order valence-electron chi connectivity index (χ1n) is 7.01. The van der Waals surface area contributed by atoms with Crippen LogP contribution in [0.2, 0.25) is 0 Å². The first kappa shape index (κ1) is 14.3. The monoisotopic (exact) mass is 268 g/mol. The van der Waals surface area contributed by atoms with Gasteiger partial charge in [0, 0.05) is 0 Å². The Hall–Kier alpha value is -2.09. The number of benzene rings is 1. The number of methoxy groups -OCH3 is 1. The molecule has 0 unspecified atom stereocenters. The van der Waals surface area contributed by atoms with Crippen molar-refractivity contribution >= 4 is 11.9 Å². The Labute approximate surface area is 120 Å². The molecule has 20 heavy (non-hydrogen) atoms. The topological polar surface area (TPSA) is 26.3 Å². The van der Waals surface area contributed by atoms with Crippen LogP contribution in [0.1, 0.15) is 31.7 Å². The zero-order chi connectivity index (χ0) is 14.4. The highest BCUT2D eigenvalue weighted by atomic mass is 16.5. The second-order valence-electron chi connectivity index (χ2n) is 4.88. The van der Waals surface area contributed by atoms with E-state index in [-0.39, 0.29) is 5.78 Å². The maximum absolute atomic E-state index is 11.5. The number of ether oxygens (including phenoxy) is 1. The summed E-state index contributed by atoms with van der Waals surface area (Å²) in [7, 11) is 1.66. The lowest BCUT2D eigenvalue weighted by atomic mass is 9.93. The van der Waals surface area contributed by atoms with Crippen molar-refractivity contribution in [2.45, 2.75) is 26.2 Å². The average molecular weight is 268 g/mol. The Balaban J connectivity index is 2.23. The number of carbonyl (C=O) groups excluding carboxylic acids is 1. The van der Waals surface area contributed by atoms with Crippen molar-refractivity contribution in [3.05, 3.63) is 59.2 Å². The van der Waals surface area contributed by atoms with Crippen molar-refractivity contribution < 1.29 is 9.53 Å². The number of hydrogen-bond acceptors (Lipinski definition) is 2. The van der Waals surface area contributed by atoms with Gasteiger partial charge in [-0.05, 0) is 59.9 Å². The molecule has 0 heterocycles. The van der Waals surface area contributed by atoms with Gasteiger partial charge in [0.1, 0.15) is 5.75 Å². The van der Waals surface area contributed by atoms with Gasteiger partial charge in [-0.3, -0.25) is 4.79 Å². The molecule has 1 aliphatic rings. The van der Waals surface area contributed by atoms with Gasteiger partial charge < -0.3 is 4.74 Å². The van der Waals surface area contributed by atoms with E-state index in [1.54, 1.807) is 19.3 Å². The predicted octanol–water partition coefficient (Wildman–Crippen LogP) is 4.33. The molecule has 1 aromatic carbocycles. The number of carbonyl (C=O) groups is 1. The van der Waals surface area contributed by atoms with Crippen LogP contribution in [0, 0.1) is 0 Å². The molecular formula is C18H20O2. The summed E-state index contributed by atoms with van der Waals surface area (Å²) in [5.41, 5.74) is 3.38. The summed E-state index contributed by atoms with van der Waals surface area (Å²) < 4.78 is 5.16. The lowest BCUT2D eigenvalue weighted by Crippen LogP contribution is -2.00. The van der Waals surface area contributed by atoms with Crippen molar-refractivity contribution in [2.24, 2.45) is 0 Å². The Bertz CT molecular complexity index is 560. The summed E-state index contributed by atoms with van der Waals surface area (Å²) in [6.45, 7) is 2.16. The summed E-state index contributed by atoms with van der Waals surface area (Å²) in [6.07, 6.45) is 10.6. The molecule has 0 aliphatic heterocycles. The fraction of sp³-hybridized carbons (Fsp3) is 0.278. The molecule has 0 spiro atoms. The van der Waals surface area contributed by atoms with Gasteiger partial charge in [-0.25, -0.2) is 0 Å². The minimum absolute atomic E-state index is 0.0861. The van der Waals surface area contributed by atoms with E-state index >= 15 is 0 Å². The third-order valence-electron chi connectivity index (χ3n) is 3.35. The quantitative estimate of drug-likeness (QED) is 0.794. The summed E-state index contributed by atoms with van der Waals surface area (Å²) in [4.78, 5) is 11.5. The van der Waals surface area contributed by atoms with Crippen LogP contribution < -0.4 is 4.74 Å². The number of ketones is 1. The molecule has 0 amide bonds. The van der Waals surface area contributed by atoms with Crippen LogP contribution in [-0.2, 0) is 4.79 Å². The van der Waals surface area contributed by atoms with E-state index in [1.165, 1.54) is 0 Å². The van der Waals surface area contributed by atoms with Crippen LogP contribution in [0.15, 0.2) is 53.6 Å². The molecule has 0 saturated heterocycles. The van der Waals surface area contributed by atoms with E-state index in [0.717, 1.165) is 41.7 Å². The van der Waals surface area contributed by atoms with Gasteiger partial charge in [-0.2, -0.15) is 0 Å². The highest BCUT2D eigenvalue weighted by Crippen LogP contribution is 2.25. The maximum Gasteiger partial charge on any atom is 0.178 e. The van der Waals surface area contributed by atoms with Crippen LogP contribution >= 0.6 is 0 Å². The average Bonchev–Trinajstić information content (AvgIpc) is 2.48. The Morgan fingerprint density at radius 2 is 1.90 bits per heavy atom. The van der Waals surface area contributed by atoms with Crippen LogP contribution in [0.25, 0.3) is 6.08 Å². The molecular weight excluding hydrogens is 248 g/mol. The van der Waals surface area contributed by atoms with Crippen molar-refractivity contribution in [2.75, 3.05) is 7.11 Å². The molecule has 104 valence electrons. The predicted molar refractivity (Wildman–Crippen MR) is 82.7 cm³/mol. The number of allylic oxidation sites excluding steroid dienone is 5. The molecule has 1 aromatic rings. The molecule has 2 nitrogen and oxygen atoms in total. The van der Waals surface area contributed by atoms with Crippen LogP contribution in [0.4, 0.5) is 0 Å².